The molecule has 4 aromatic carbocycles. The predicted molar refractivity (Wildman–Crippen MR) is 161 cm³/mol. The first-order valence-electron chi connectivity index (χ1n) is 13.9. The van der Waals surface area contributed by atoms with Crippen LogP contribution in [0.5, 0.6) is 0 Å². The van der Waals surface area contributed by atoms with E-state index in [0.717, 1.165) is 6.42 Å². The molecule has 1 atom stereocenters. The Morgan fingerprint density at radius 2 is 1.24 bits per heavy atom. The third kappa shape index (κ3) is 3.24. The van der Waals surface area contributed by atoms with Gasteiger partial charge in [-0.05, 0) is 82.1 Å². The lowest BCUT2D eigenvalue weighted by Crippen LogP contribution is -2.32. The van der Waals surface area contributed by atoms with Gasteiger partial charge >= 0.3 is 0 Å². The molecule has 0 fully saturated rings. The van der Waals surface area contributed by atoms with Crippen LogP contribution in [0.4, 0.5) is 11.4 Å². The summed E-state index contributed by atoms with van der Waals surface area (Å²) in [7, 11) is 0. The summed E-state index contributed by atoms with van der Waals surface area (Å²) >= 11 is 0. The van der Waals surface area contributed by atoms with E-state index in [4.69, 9.17) is 0 Å². The maximum Gasteiger partial charge on any atom is 0.0563 e. The summed E-state index contributed by atoms with van der Waals surface area (Å²) in [4.78, 5) is 2.57. The Labute approximate surface area is 227 Å². The van der Waals surface area contributed by atoms with E-state index in [-0.39, 0.29) is 16.9 Å². The molecule has 0 spiro atoms. The van der Waals surface area contributed by atoms with Gasteiger partial charge < -0.3 is 4.90 Å². The van der Waals surface area contributed by atoms with Crippen molar-refractivity contribution < 1.29 is 0 Å². The lowest BCUT2D eigenvalue weighted by molar-refractivity contribution is 0.644. The van der Waals surface area contributed by atoms with Crippen molar-refractivity contribution in [2.75, 3.05) is 4.90 Å². The molecule has 0 N–H and O–H groups in total. The highest BCUT2D eigenvalue weighted by Crippen LogP contribution is 2.53. The average molecular weight is 494 g/mol. The molecule has 1 unspecified atom stereocenters. The van der Waals surface area contributed by atoms with Crippen LogP contribution >= 0.6 is 0 Å². The second-order valence-electron chi connectivity index (χ2n) is 12.3. The summed E-state index contributed by atoms with van der Waals surface area (Å²) in [6.45, 7) is 11.7. The van der Waals surface area contributed by atoms with Gasteiger partial charge in [0.05, 0.1) is 6.04 Å². The van der Waals surface area contributed by atoms with E-state index in [2.05, 4.69) is 143 Å². The maximum absolute atomic E-state index is 2.57. The molecule has 1 nitrogen and oxygen atoms in total. The van der Waals surface area contributed by atoms with Crippen molar-refractivity contribution in [1.82, 2.24) is 0 Å². The van der Waals surface area contributed by atoms with Crippen molar-refractivity contribution in [1.29, 1.82) is 0 Å². The standard InChI is InChI=1S/C37H35N/c1-24-14-16-25(17-15-24)38(26-18-20-30-28-10-6-8-12-32(28)36(2,3)34(30)22-26)27-19-21-31-29-11-7-9-13-33(29)37(4,5)35(31)23-27/h6-18,20-23,27H,19H2,1-5H3. The molecule has 188 valence electrons. The van der Waals surface area contributed by atoms with Crippen molar-refractivity contribution in [3.05, 3.63) is 137 Å². The third-order valence-corrected chi connectivity index (χ3v) is 9.27. The van der Waals surface area contributed by atoms with Crippen LogP contribution in [0.1, 0.15) is 61.9 Å². The van der Waals surface area contributed by atoms with Gasteiger partial charge in [0, 0.05) is 22.2 Å². The predicted octanol–water partition coefficient (Wildman–Crippen LogP) is 9.51. The second-order valence-corrected chi connectivity index (χ2v) is 12.3. The van der Waals surface area contributed by atoms with Crippen LogP contribution in [-0.2, 0) is 10.8 Å². The molecule has 0 amide bonds. The number of nitrogens with zero attached hydrogens (tertiary/aromatic N) is 1. The molecule has 38 heavy (non-hydrogen) atoms. The Bertz CT molecular complexity index is 1640. The Kier molecular flexibility index (Phi) is 4.95. The van der Waals surface area contributed by atoms with Crippen LogP contribution in [0.15, 0.2) is 109 Å². The largest absolute Gasteiger partial charge is 0.334 e. The van der Waals surface area contributed by atoms with E-state index in [9.17, 15) is 0 Å². The zero-order chi connectivity index (χ0) is 26.2. The normalized spacial score (nSPS) is 19.6. The van der Waals surface area contributed by atoms with Crippen LogP contribution in [0.25, 0.3) is 16.7 Å². The van der Waals surface area contributed by atoms with Gasteiger partial charge in [-0.1, -0.05) is 112 Å². The van der Waals surface area contributed by atoms with Crippen molar-refractivity contribution in [3.63, 3.8) is 0 Å². The number of hydrogen-bond acceptors (Lipinski definition) is 1. The Hall–Kier alpha value is -3.84. The van der Waals surface area contributed by atoms with E-state index in [1.807, 2.05) is 0 Å². The van der Waals surface area contributed by atoms with Crippen LogP contribution in [-0.4, -0.2) is 6.04 Å². The molecule has 0 aromatic heterocycles. The minimum atomic E-state index is -0.0198. The van der Waals surface area contributed by atoms with E-state index < -0.39 is 0 Å². The molecular weight excluding hydrogens is 458 g/mol. The van der Waals surface area contributed by atoms with E-state index >= 15 is 0 Å². The fourth-order valence-corrected chi connectivity index (χ4v) is 7.17. The molecular formula is C37H35N. The third-order valence-electron chi connectivity index (χ3n) is 9.27. The molecule has 7 rings (SSSR count). The topological polar surface area (TPSA) is 3.24 Å². The smallest absolute Gasteiger partial charge is 0.0563 e. The van der Waals surface area contributed by atoms with Crippen LogP contribution in [0.2, 0.25) is 0 Å². The fraction of sp³-hybridized carbons (Fsp3) is 0.243. The molecule has 0 aliphatic heterocycles. The van der Waals surface area contributed by atoms with Gasteiger partial charge in [0.2, 0.25) is 0 Å². The number of fused-ring (bicyclic) bond motifs is 6. The quantitative estimate of drug-likeness (QED) is 0.275. The van der Waals surface area contributed by atoms with Gasteiger partial charge in [0.25, 0.3) is 0 Å². The van der Waals surface area contributed by atoms with Gasteiger partial charge in [-0.2, -0.15) is 0 Å². The Balaban J connectivity index is 1.37. The summed E-state index contributed by atoms with van der Waals surface area (Å²) in [6, 6.07) is 34.3. The molecule has 3 aliphatic rings. The number of benzene rings is 4. The molecule has 4 aromatic rings. The Morgan fingerprint density at radius 3 is 1.97 bits per heavy atom. The highest BCUT2D eigenvalue weighted by molar-refractivity contribution is 5.91. The first kappa shape index (κ1) is 23.3. The van der Waals surface area contributed by atoms with E-state index in [0.29, 0.717) is 0 Å². The fourth-order valence-electron chi connectivity index (χ4n) is 7.17. The molecule has 0 heterocycles. The highest BCUT2D eigenvalue weighted by Gasteiger charge is 2.41. The SMILES string of the molecule is Cc1ccc(N(c2ccc3c(c2)C(C)(C)c2ccccc2-3)C2C=C3C(=CC2)c2ccccc2C3(C)C)cc1. The van der Waals surface area contributed by atoms with Gasteiger partial charge in [-0.3, -0.25) is 0 Å². The zero-order valence-corrected chi connectivity index (χ0v) is 23.0. The van der Waals surface area contributed by atoms with Crippen molar-refractivity contribution >= 4 is 16.9 Å². The summed E-state index contributed by atoms with van der Waals surface area (Å²) in [5, 5.41) is 0. The molecule has 0 radical (unpaired) electrons. The number of hydrogen-bond donors (Lipinski definition) is 0. The maximum atomic E-state index is 2.57. The average Bonchev–Trinajstić information content (AvgIpc) is 3.30. The monoisotopic (exact) mass is 493 g/mol. The van der Waals surface area contributed by atoms with E-state index in [1.54, 1.807) is 0 Å². The number of aryl methyl sites for hydroxylation is 1. The zero-order valence-electron chi connectivity index (χ0n) is 23.0. The van der Waals surface area contributed by atoms with Gasteiger partial charge in [0.15, 0.2) is 0 Å². The van der Waals surface area contributed by atoms with Crippen LogP contribution in [0.3, 0.4) is 0 Å². The summed E-state index contributed by atoms with van der Waals surface area (Å²) in [6.07, 6.45) is 6.03. The van der Waals surface area contributed by atoms with Gasteiger partial charge in [-0.15, -0.1) is 0 Å². The number of rotatable bonds is 3. The first-order valence-corrected chi connectivity index (χ1v) is 13.9. The van der Waals surface area contributed by atoms with Crippen molar-refractivity contribution in [3.8, 4) is 11.1 Å². The number of allylic oxidation sites excluding steroid dienone is 2. The first-order chi connectivity index (χ1) is 18.3. The Morgan fingerprint density at radius 1 is 0.632 bits per heavy atom. The summed E-state index contributed by atoms with van der Waals surface area (Å²) in [5.74, 6) is 0. The lowest BCUT2D eigenvalue weighted by Gasteiger charge is -2.36. The van der Waals surface area contributed by atoms with Gasteiger partial charge in [0.1, 0.15) is 0 Å². The molecule has 0 saturated heterocycles. The van der Waals surface area contributed by atoms with Gasteiger partial charge in [-0.25, -0.2) is 0 Å². The summed E-state index contributed by atoms with van der Waals surface area (Å²) < 4.78 is 0. The molecule has 1 heteroatoms. The molecule has 0 bridgehead atoms. The van der Waals surface area contributed by atoms with Crippen LogP contribution < -0.4 is 4.90 Å². The van der Waals surface area contributed by atoms with Crippen LogP contribution in [0, 0.1) is 6.92 Å². The molecule has 0 saturated carbocycles. The second kappa shape index (κ2) is 8.08. The van der Waals surface area contributed by atoms with E-state index in [1.165, 1.54) is 61.5 Å². The number of anilines is 2. The highest BCUT2D eigenvalue weighted by atomic mass is 15.2. The summed E-state index contributed by atoms with van der Waals surface area (Å²) in [5.41, 5.74) is 15.1. The minimum absolute atomic E-state index is 0.00160. The molecule has 3 aliphatic carbocycles. The van der Waals surface area contributed by atoms with Crippen molar-refractivity contribution in [2.45, 2.75) is 57.9 Å². The minimum Gasteiger partial charge on any atom is -0.334 e. The lowest BCUT2D eigenvalue weighted by atomic mass is 9.79. The van der Waals surface area contributed by atoms with Crippen molar-refractivity contribution in [2.24, 2.45) is 0 Å².